The summed E-state index contributed by atoms with van der Waals surface area (Å²) < 4.78 is 0. The number of aliphatic carboxylic acids is 1. The maximum Gasteiger partial charge on any atom is 0.326 e. The lowest BCUT2D eigenvalue weighted by Crippen LogP contribution is -2.61. The average molecular weight is 617 g/mol. The van der Waals surface area contributed by atoms with Gasteiger partial charge in [-0.2, -0.15) is 0 Å². The number of primary amides is 1. The third-order valence-electron chi connectivity index (χ3n) is 6.77. The number of carboxylic acids is 1. The molecular weight excluding hydrogens is 572 g/mol. The van der Waals surface area contributed by atoms with Crippen LogP contribution in [0, 0.1) is 0 Å². The van der Waals surface area contributed by atoms with Crippen molar-refractivity contribution < 1.29 is 48.9 Å². The van der Waals surface area contributed by atoms with Gasteiger partial charge in [0.05, 0.1) is 25.2 Å². The largest absolute Gasteiger partial charge is 0.480 e. The van der Waals surface area contributed by atoms with Gasteiger partial charge in [-0.1, -0.05) is 0 Å². The van der Waals surface area contributed by atoms with E-state index in [0.717, 1.165) is 4.90 Å². The molecule has 7 atom stereocenters. The first-order chi connectivity index (χ1) is 20.1. The van der Waals surface area contributed by atoms with E-state index in [1.165, 1.54) is 13.8 Å². The molecule has 0 spiro atoms. The van der Waals surface area contributed by atoms with Gasteiger partial charge in [0.2, 0.25) is 35.4 Å². The molecule has 1 aliphatic rings. The number of amides is 6. The highest BCUT2D eigenvalue weighted by molar-refractivity contribution is 5.97. The lowest BCUT2D eigenvalue weighted by Gasteiger charge is -2.31. The van der Waals surface area contributed by atoms with Gasteiger partial charge in [-0.3, -0.25) is 28.8 Å². The smallest absolute Gasteiger partial charge is 0.326 e. The number of carbonyl (C=O) groups is 7. The van der Waals surface area contributed by atoms with Crippen LogP contribution in [-0.4, -0.2) is 124 Å². The topological polar surface area (TPSA) is 310 Å². The van der Waals surface area contributed by atoms with Crippen LogP contribution in [0.3, 0.4) is 0 Å². The molecule has 0 aromatic heterocycles. The second-order valence-corrected chi connectivity index (χ2v) is 10.4. The number of nitrogens with zero attached hydrogens (tertiary/aromatic N) is 1. The Labute approximate surface area is 248 Å². The first kappa shape index (κ1) is 37.2. The van der Waals surface area contributed by atoms with Gasteiger partial charge in [0, 0.05) is 6.54 Å². The van der Waals surface area contributed by atoms with Crippen LogP contribution < -0.4 is 38.5 Å². The molecule has 18 nitrogen and oxygen atoms in total. The third kappa shape index (κ3) is 11.7. The summed E-state index contributed by atoms with van der Waals surface area (Å²) >= 11 is 0. The molecule has 6 amide bonds. The van der Waals surface area contributed by atoms with Gasteiger partial charge >= 0.3 is 5.97 Å². The van der Waals surface area contributed by atoms with Crippen molar-refractivity contribution in [1.29, 1.82) is 0 Å². The number of carboxylic acid groups (broad SMARTS) is 1. The number of hydrogen-bond donors (Lipinski definition) is 10. The Balaban J connectivity index is 2.90. The molecule has 18 heteroatoms. The molecule has 0 bridgehead atoms. The van der Waals surface area contributed by atoms with Crippen molar-refractivity contribution in [3.05, 3.63) is 0 Å². The fourth-order valence-corrected chi connectivity index (χ4v) is 4.33. The fraction of sp³-hybridized carbons (Fsp3) is 0.720. The molecule has 0 radical (unpaired) electrons. The van der Waals surface area contributed by atoms with Crippen LogP contribution in [0.1, 0.15) is 52.4 Å². The number of likely N-dealkylation sites (tertiary alicyclic amines) is 1. The van der Waals surface area contributed by atoms with Crippen molar-refractivity contribution in [1.82, 2.24) is 26.2 Å². The molecule has 13 N–H and O–H groups in total. The summed E-state index contributed by atoms with van der Waals surface area (Å²) in [5.41, 5.74) is 16.0. The third-order valence-corrected chi connectivity index (χ3v) is 6.77. The van der Waals surface area contributed by atoms with Crippen LogP contribution in [-0.2, 0) is 33.6 Å². The Kier molecular flexibility index (Phi) is 15.5. The highest BCUT2D eigenvalue weighted by atomic mass is 16.4. The minimum atomic E-state index is -1.59. The second kappa shape index (κ2) is 17.9. The minimum Gasteiger partial charge on any atom is -0.480 e. The van der Waals surface area contributed by atoms with Crippen molar-refractivity contribution in [2.24, 2.45) is 17.2 Å². The monoisotopic (exact) mass is 616 g/mol. The zero-order valence-corrected chi connectivity index (χ0v) is 24.3. The Morgan fingerprint density at radius 2 is 1.56 bits per heavy atom. The zero-order chi connectivity index (χ0) is 32.9. The van der Waals surface area contributed by atoms with Gasteiger partial charge in [0.25, 0.3) is 0 Å². The highest BCUT2D eigenvalue weighted by Gasteiger charge is 2.40. The molecule has 1 rings (SSSR count). The van der Waals surface area contributed by atoms with Crippen LogP contribution >= 0.6 is 0 Å². The van der Waals surface area contributed by atoms with Crippen molar-refractivity contribution in [2.75, 3.05) is 19.7 Å². The van der Waals surface area contributed by atoms with E-state index in [1.807, 2.05) is 0 Å². The molecule has 1 aliphatic heterocycles. The van der Waals surface area contributed by atoms with E-state index in [-0.39, 0.29) is 19.4 Å². The standard InChI is InChI=1S/C25H44N8O10/c1-12(20(37)30-15(25(42)43)6-3-4-8-26)29-23(40)17-7-5-9-33(17)24(41)19(13(2)35)32-22(39)16(11-34)31-21(38)14(27)10-18(28)36/h12-17,19,34-35H,3-11,26-27H2,1-2H3,(H2,28,36)(H,29,40)(H,30,37)(H,31,38)(H,32,39)(H,42,43)/t12-,13+,14-,15-,16-,17-,19-/m0/s1. The molecule has 1 fully saturated rings. The number of unbranched alkanes of at least 4 members (excludes halogenated alkanes) is 1. The molecule has 0 unspecified atom stereocenters. The van der Waals surface area contributed by atoms with Gasteiger partial charge in [0.1, 0.15) is 30.2 Å². The quantitative estimate of drug-likeness (QED) is 0.0646. The fourth-order valence-electron chi connectivity index (χ4n) is 4.33. The molecule has 0 aromatic carbocycles. The molecule has 244 valence electrons. The first-order valence-corrected chi connectivity index (χ1v) is 13.9. The number of carbonyl (C=O) groups excluding carboxylic acids is 6. The van der Waals surface area contributed by atoms with Gasteiger partial charge in [-0.15, -0.1) is 0 Å². The predicted octanol–water partition coefficient (Wildman–Crippen LogP) is -5.27. The molecular formula is C25H44N8O10. The van der Waals surface area contributed by atoms with Gasteiger partial charge in [-0.25, -0.2) is 4.79 Å². The molecule has 0 aromatic rings. The number of nitrogens with one attached hydrogen (secondary N) is 4. The SMILES string of the molecule is C[C@H](NC(=O)[C@@H]1CCCN1C(=O)[C@@H](NC(=O)[C@H](CO)NC(=O)[C@@H](N)CC(N)=O)[C@@H](C)O)C(=O)N[C@@H](CCCCN)C(=O)O. The average Bonchev–Trinajstić information content (AvgIpc) is 3.43. The van der Waals surface area contributed by atoms with E-state index in [1.54, 1.807) is 0 Å². The Bertz CT molecular complexity index is 1030. The van der Waals surface area contributed by atoms with Gasteiger partial charge in [-0.05, 0) is 52.5 Å². The van der Waals surface area contributed by atoms with Crippen molar-refractivity contribution >= 4 is 41.4 Å². The summed E-state index contributed by atoms with van der Waals surface area (Å²) in [6.45, 7) is 2.11. The normalized spacial score (nSPS) is 18.7. The van der Waals surface area contributed by atoms with E-state index in [9.17, 15) is 48.9 Å². The van der Waals surface area contributed by atoms with Gasteiger partial charge in [0.15, 0.2) is 0 Å². The molecule has 1 saturated heterocycles. The van der Waals surface area contributed by atoms with E-state index < -0.39 is 96.8 Å². The molecule has 1 heterocycles. The van der Waals surface area contributed by atoms with Crippen molar-refractivity contribution in [3.63, 3.8) is 0 Å². The minimum absolute atomic E-state index is 0.0843. The summed E-state index contributed by atoms with van der Waals surface area (Å²) in [7, 11) is 0. The number of aliphatic hydroxyl groups is 2. The van der Waals surface area contributed by atoms with E-state index >= 15 is 0 Å². The first-order valence-electron chi connectivity index (χ1n) is 13.9. The van der Waals surface area contributed by atoms with Gasteiger partial charge < -0.3 is 58.7 Å². The number of nitrogens with two attached hydrogens (primary N) is 3. The maximum absolute atomic E-state index is 13.4. The second-order valence-electron chi connectivity index (χ2n) is 10.4. The van der Waals surface area contributed by atoms with Crippen LogP contribution in [0.4, 0.5) is 0 Å². The maximum atomic E-state index is 13.4. The van der Waals surface area contributed by atoms with Crippen LogP contribution in [0.15, 0.2) is 0 Å². The number of hydrogen-bond acceptors (Lipinski definition) is 11. The van der Waals surface area contributed by atoms with Crippen LogP contribution in [0.2, 0.25) is 0 Å². The number of rotatable bonds is 18. The Hall–Kier alpha value is -3.87. The lowest BCUT2D eigenvalue weighted by molar-refractivity contribution is -0.145. The summed E-state index contributed by atoms with van der Waals surface area (Å²) in [4.78, 5) is 87.5. The van der Waals surface area contributed by atoms with Crippen LogP contribution in [0.25, 0.3) is 0 Å². The number of aliphatic hydroxyl groups excluding tert-OH is 2. The summed E-state index contributed by atoms with van der Waals surface area (Å²) in [5, 5.41) is 38.5. The summed E-state index contributed by atoms with van der Waals surface area (Å²) in [6, 6.07) is -7.97. The van der Waals surface area contributed by atoms with E-state index in [2.05, 4.69) is 21.3 Å². The molecule has 0 saturated carbocycles. The zero-order valence-electron chi connectivity index (χ0n) is 24.3. The van der Waals surface area contributed by atoms with Crippen molar-refractivity contribution in [3.8, 4) is 0 Å². The van der Waals surface area contributed by atoms with E-state index in [4.69, 9.17) is 17.2 Å². The summed E-state index contributed by atoms with van der Waals surface area (Å²) in [6.07, 6.45) is -0.193. The molecule has 43 heavy (non-hydrogen) atoms. The summed E-state index contributed by atoms with van der Waals surface area (Å²) in [5.74, 6) is -6.40. The Morgan fingerprint density at radius 3 is 2.09 bits per heavy atom. The van der Waals surface area contributed by atoms with E-state index in [0.29, 0.717) is 25.8 Å². The lowest BCUT2D eigenvalue weighted by atomic mass is 10.1. The van der Waals surface area contributed by atoms with Crippen molar-refractivity contribution in [2.45, 2.75) is 94.7 Å². The molecule has 0 aliphatic carbocycles. The van der Waals surface area contributed by atoms with Crippen LogP contribution in [0.5, 0.6) is 0 Å². The predicted molar refractivity (Wildman–Crippen MR) is 149 cm³/mol. The Morgan fingerprint density at radius 1 is 0.930 bits per heavy atom. The highest BCUT2D eigenvalue weighted by Crippen LogP contribution is 2.20.